The van der Waals surface area contributed by atoms with E-state index < -0.39 is 0 Å². The monoisotopic (exact) mass is 582 g/mol. The van der Waals surface area contributed by atoms with Crippen LogP contribution in [-0.2, 0) is 17.8 Å². The molecule has 0 aromatic heterocycles. The van der Waals surface area contributed by atoms with Crippen molar-refractivity contribution in [2.45, 2.75) is 39.3 Å². The molecular weight excluding hydrogens is 548 g/mol. The molecule has 1 aliphatic rings. The van der Waals surface area contributed by atoms with Crippen molar-refractivity contribution in [1.29, 1.82) is 0 Å². The Kier molecular flexibility index (Phi) is 8.46. The average molecular weight is 583 g/mol. The van der Waals surface area contributed by atoms with Crippen molar-refractivity contribution in [3.05, 3.63) is 107 Å². The third-order valence-corrected chi connectivity index (χ3v) is 7.51. The minimum Gasteiger partial charge on any atom is -0.496 e. The smallest absolute Gasteiger partial charge is 0.315 e. The Bertz CT molecular complexity index is 1640. The molecule has 0 saturated heterocycles. The van der Waals surface area contributed by atoms with Crippen molar-refractivity contribution < 1.29 is 19.0 Å². The summed E-state index contributed by atoms with van der Waals surface area (Å²) in [6.45, 7) is 7.03. The molecule has 4 aromatic carbocycles. The molecule has 0 atom stereocenters. The molecule has 0 fully saturated rings. The maximum absolute atomic E-state index is 12.7. The number of nitrogens with one attached hydrogen (secondary N) is 2. The number of rotatable bonds is 9. The van der Waals surface area contributed by atoms with Gasteiger partial charge < -0.3 is 24.8 Å². The van der Waals surface area contributed by atoms with Crippen molar-refractivity contribution in [1.82, 2.24) is 0 Å². The number of anilines is 2. The molecule has 0 unspecified atom stereocenters. The molecular formula is C35H35ClN2O4. The molecule has 42 heavy (non-hydrogen) atoms. The Labute approximate surface area is 252 Å². The molecule has 0 saturated carbocycles. The van der Waals surface area contributed by atoms with Gasteiger partial charge in [-0.1, -0.05) is 48.0 Å². The van der Waals surface area contributed by atoms with E-state index in [4.69, 9.17) is 25.8 Å². The maximum atomic E-state index is 12.7. The molecule has 0 aliphatic carbocycles. The molecule has 7 heteroatoms. The maximum Gasteiger partial charge on any atom is 0.315 e. The number of para-hydroxylation sites is 2. The summed E-state index contributed by atoms with van der Waals surface area (Å²) in [6.07, 6.45) is 2.39. The van der Waals surface area contributed by atoms with Crippen molar-refractivity contribution in [2.75, 3.05) is 24.9 Å². The number of carbonyl (C=O) groups is 1. The number of carbonyl (C=O) groups excluding carboxylic acids is 1. The summed E-state index contributed by atoms with van der Waals surface area (Å²) in [5, 5.41) is 7.87. The fourth-order valence-corrected chi connectivity index (χ4v) is 5.63. The minimum absolute atomic E-state index is 0.139. The molecule has 216 valence electrons. The zero-order chi connectivity index (χ0) is 29.9. The number of hydrogen-bond donors (Lipinski definition) is 2. The largest absolute Gasteiger partial charge is 0.496 e. The summed E-state index contributed by atoms with van der Waals surface area (Å²) in [4.78, 5) is 12.7. The third-order valence-electron chi connectivity index (χ3n) is 7.26. The van der Waals surface area contributed by atoms with Crippen LogP contribution in [0, 0.1) is 0 Å². The molecule has 0 bridgehead atoms. The Morgan fingerprint density at radius 1 is 0.905 bits per heavy atom. The van der Waals surface area contributed by atoms with Gasteiger partial charge in [0.2, 0.25) is 0 Å². The summed E-state index contributed by atoms with van der Waals surface area (Å²) < 4.78 is 17.1. The quantitative estimate of drug-likeness (QED) is 0.153. The van der Waals surface area contributed by atoms with Crippen LogP contribution in [0.3, 0.4) is 0 Å². The average Bonchev–Trinajstić information content (AvgIpc) is 2.96. The Hall–Kier alpha value is -4.42. The van der Waals surface area contributed by atoms with Crippen LogP contribution in [-0.4, -0.2) is 25.7 Å². The van der Waals surface area contributed by atoms with E-state index in [1.165, 1.54) is 5.57 Å². The van der Waals surface area contributed by atoms with Crippen LogP contribution in [0.1, 0.15) is 37.5 Å². The second-order valence-electron chi connectivity index (χ2n) is 10.9. The van der Waals surface area contributed by atoms with Gasteiger partial charge in [-0.3, -0.25) is 4.79 Å². The fraction of sp³-hybridized carbons (Fsp3) is 0.229. The van der Waals surface area contributed by atoms with Crippen LogP contribution in [0.4, 0.5) is 11.4 Å². The molecule has 0 radical (unpaired) electrons. The zero-order valence-corrected chi connectivity index (χ0v) is 25.3. The van der Waals surface area contributed by atoms with E-state index in [1.54, 1.807) is 38.5 Å². The van der Waals surface area contributed by atoms with Crippen LogP contribution in [0.2, 0.25) is 5.02 Å². The predicted molar refractivity (Wildman–Crippen MR) is 171 cm³/mol. The number of halogens is 1. The SMILES string of the molecule is COc1ccccc1NCc1c(-c2ccc(OC(=O)Cc3ccc(Cl)cc3)cc2OC)ccc2c1C(C)=CC(C)(C)N2. The lowest BCUT2D eigenvalue weighted by atomic mass is 9.85. The fourth-order valence-electron chi connectivity index (χ4n) is 5.50. The first-order chi connectivity index (χ1) is 20.2. The van der Waals surface area contributed by atoms with Crippen LogP contribution >= 0.6 is 11.6 Å². The van der Waals surface area contributed by atoms with E-state index in [2.05, 4.69) is 49.6 Å². The van der Waals surface area contributed by atoms with Gasteiger partial charge in [0.1, 0.15) is 17.2 Å². The first-order valence-corrected chi connectivity index (χ1v) is 14.2. The summed E-state index contributed by atoms with van der Waals surface area (Å²) in [5.74, 6) is 1.44. The van der Waals surface area contributed by atoms with Gasteiger partial charge in [-0.15, -0.1) is 0 Å². The summed E-state index contributed by atoms with van der Waals surface area (Å²) in [5.41, 5.74) is 8.01. The van der Waals surface area contributed by atoms with E-state index in [-0.39, 0.29) is 17.9 Å². The van der Waals surface area contributed by atoms with E-state index in [0.29, 0.717) is 23.1 Å². The lowest BCUT2D eigenvalue weighted by molar-refractivity contribution is -0.133. The van der Waals surface area contributed by atoms with Crippen molar-refractivity contribution >= 4 is 34.5 Å². The lowest BCUT2D eigenvalue weighted by Gasteiger charge is -2.33. The highest BCUT2D eigenvalue weighted by Gasteiger charge is 2.27. The first-order valence-electron chi connectivity index (χ1n) is 13.8. The van der Waals surface area contributed by atoms with E-state index in [9.17, 15) is 4.79 Å². The third kappa shape index (κ3) is 6.39. The standard InChI is InChI=1S/C35H35ClN2O4/c1-22-20-35(2,3)38-30-17-16-26(28(34(22)30)21-37-29-8-6-7-9-31(29)40-4)27-15-14-25(19-32(27)41-5)42-33(39)18-23-10-12-24(36)13-11-23/h6-17,19-20,37-38H,18,21H2,1-5H3. The molecule has 1 aliphatic heterocycles. The normalized spacial score (nSPS) is 13.3. The Morgan fingerprint density at radius 3 is 2.36 bits per heavy atom. The number of benzene rings is 4. The predicted octanol–water partition coefficient (Wildman–Crippen LogP) is 8.39. The number of ether oxygens (including phenoxy) is 3. The van der Waals surface area contributed by atoms with Crippen LogP contribution in [0.5, 0.6) is 17.2 Å². The number of allylic oxidation sites excluding steroid dienone is 1. The van der Waals surface area contributed by atoms with Gasteiger partial charge in [0.15, 0.2) is 0 Å². The minimum atomic E-state index is -0.364. The second kappa shape index (κ2) is 12.2. The van der Waals surface area contributed by atoms with E-state index in [1.807, 2.05) is 42.5 Å². The number of fused-ring (bicyclic) bond motifs is 1. The van der Waals surface area contributed by atoms with Crippen LogP contribution < -0.4 is 24.8 Å². The summed E-state index contributed by atoms with van der Waals surface area (Å²) >= 11 is 5.97. The summed E-state index contributed by atoms with van der Waals surface area (Å²) in [7, 11) is 3.29. The van der Waals surface area contributed by atoms with Gasteiger partial charge in [-0.05, 0) is 85.5 Å². The molecule has 2 N–H and O–H groups in total. The lowest BCUT2D eigenvalue weighted by Crippen LogP contribution is -2.32. The Morgan fingerprint density at radius 2 is 1.62 bits per heavy atom. The van der Waals surface area contributed by atoms with Gasteiger partial charge in [0.05, 0.1) is 31.9 Å². The van der Waals surface area contributed by atoms with Gasteiger partial charge in [0.25, 0.3) is 0 Å². The molecule has 0 amide bonds. The van der Waals surface area contributed by atoms with Crippen molar-refractivity contribution in [3.63, 3.8) is 0 Å². The van der Waals surface area contributed by atoms with E-state index in [0.717, 1.165) is 44.9 Å². The van der Waals surface area contributed by atoms with Gasteiger partial charge in [-0.2, -0.15) is 0 Å². The van der Waals surface area contributed by atoms with Gasteiger partial charge in [0, 0.05) is 34.4 Å². The zero-order valence-electron chi connectivity index (χ0n) is 24.5. The topological polar surface area (TPSA) is 68.8 Å². The molecule has 6 nitrogen and oxygen atoms in total. The second-order valence-corrected chi connectivity index (χ2v) is 11.3. The van der Waals surface area contributed by atoms with Crippen LogP contribution in [0.15, 0.2) is 84.9 Å². The Balaban J connectivity index is 1.50. The molecule has 5 rings (SSSR count). The van der Waals surface area contributed by atoms with Gasteiger partial charge in [-0.25, -0.2) is 0 Å². The molecule has 1 heterocycles. The number of esters is 1. The number of methoxy groups -OCH3 is 2. The van der Waals surface area contributed by atoms with Crippen LogP contribution in [0.25, 0.3) is 16.7 Å². The highest BCUT2D eigenvalue weighted by molar-refractivity contribution is 6.30. The van der Waals surface area contributed by atoms with Gasteiger partial charge >= 0.3 is 5.97 Å². The molecule has 4 aromatic rings. The summed E-state index contributed by atoms with van der Waals surface area (Å²) in [6, 6.07) is 24.8. The number of hydrogen-bond acceptors (Lipinski definition) is 6. The van der Waals surface area contributed by atoms with Crippen molar-refractivity contribution in [3.8, 4) is 28.4 Å². The van der Waals surface area contributed by atoms with Crippen molar-refractivity contribution in [2.24, 2.45) is 0 Å². The van der Waals surface area contributed by atoms with E-state index >= 15 is 0 Å². The highest BCUT2D eigenvalue weighted by atomic mass is 35.5. The highest BCUT2D eigenvalue weighted by Crippen LogP contribution is 2.43. The first kappa shape index (κ1) is 29.1. The molecule has 0 spiro atoms.